The van der Waals surface area contributed by atoms with Gasteiger partial charge in [-0.2, -0.15) is 0 Å². The average Bonchev–Trinajstić information content (AvgIpc) is 2.59. The summed E-state index contributed by atoms with van der Waals surface area (Å²) in [6, 6.07) is 7.77. The van der Waals surface area contributed by atoms with Crippen LogP contribution in [-0.2, 0) is 5.41 Å². The fourth-order valence-corrected chi connectivity index (χ4v) is 2.10. The molecule has 0 amide bonds. The van der Waals surface area contributed by atoms with E-state index in [2.05, 4.69) is 25.9 Å². The summed E-state index contributed by atoms with van der Waals surface area (Å²) >= 11 is 3.37. The maximum atomic E-state index is 11.2. The molecule has 0 aliphatic rings. The maximum Gasteiger partial charge on any atom is 0.325 e. The molecule has 90 valence electrons. The van der Waals surface area contributed by atoms with Crippen molar-refractivity contribution in [2.24, 2.45) is 0 Å². The minimum Gasteiger partial charge on any atom is -0.493 e. The first-order chi connectivity index (χ1) is 7.91. The van der Waals surface area contributed by atoms with E-state index in [0.29, 0.717) is 5.69 Å². The summed E-state index contributed by atoms with van der Waals surface area (Å²) in [4.78, 5) is 16.1. The van der Waals surface area contributed by atoms with E-state index in [9.17, 15) is 9.90 Å². The Morgan fingerprint density at radius 1 is 1.18 bits per heavy atom. The van der Waals surface area contributed by atoms with E-state index >= 15 is 0 Å². The van der Waals surface area contributed by atoms with Crippen molar-refractivity contribution < 1.29 is 5.11 Å². The summed E-state index contributed by atoms with van der Waals surface area (Å²) in [5.74, 6) is -0.108. The lowest BCUT2D eigenvalue weighted by Crippen LogP contribution is -2.20. The molecule has 0 atom stereocenters. The summed E-state index contributed by atoms with van der Waals surface area (Å²) < 4.78 is 0.990. The summed E-state index contributed by atoms with van der Waals surface area (Å²) in [7, 11) is 0. The minimum absolute atomic E-state index is 0.108. The molecule has 17 heavy (non-hydrogen) atoms. The molecule has 1 heterocycles. The summed E-state index contributed by atoms with van der Waals surface area (Å²) in [6.07, 6.45) is 0. The van der Waals surface area contributed by atoms with Crippen molar-refractivity contribution in [3.8, 4) is 5.88 Å². The number of aromatic nitrogens is 2. The second-order valence-corrected chi connectivity index (χ2v) is 5.35. The van der Waals surface area contributed by atoms with Gasteiger partial charge in [0, 0.05) is 9.89 Å². The molecule has 1 aromatic heterocycles. The van der Waals surface area contributed by atoms with Crippen LogP contribution in [0.2, 0.25) is 0 Å². The molecule has 0 radical (unpaired) electrons. The van der Waals surface area contributed by atoms with E-state index in [1.807, 2.05) is 38.1 Å². The standard InChI is InChI=1S/C12H13BrN2O2/c1-12(2,7-3-5-8(13)6-4-7)9-10(16)15-11(17)14-9/h3-6,16H,1-2H3,(H2,14,15,17). The number of benzene rings is 1. The predicted octanol–water partition coefficient (Wildman–Crippen LogP) is 2.50. The number of aromatic amines is 2. The van der Waals surface area contributed by atoms with Crippen LogP contribution < -0.4 is 5.69 Å². The van der Waals surface area contributed by atoms with Crippen LogP contribution in [0.25, 0.3) is 0 Å². The zero-order valence-corrected chi connectivity index (χ0v) is 11.1. The van der Waals surface area contributed by atoms with Crippen molar-refractivity contribution in [3.63, 3.8) is 0 Å². The minimum atomic E-state index is -0.468. The Balaban J connectivity index is 2.52. The Bertz CT molecular complexity index is 581. The molecule has 0 fully saturated rings. The molecule has 2 aromatic rings. The van der Waals surface area contributed by atoms with Crippen molar-refractivity contribution in [2.45, 2.75) is 19.3 Å². The second kappa shape index (κ2) is 4.07. The molecular weight excluding hydrogens is 284 g/mol. The van der Waals surface area contributed by atoms with E-state index in [-0.39, 0.29) is 5.88 Å². The number of hydrogen-bond donors (Lipinski definition) is 3. The fourth-order valence-electron chi connectivity index (χ4n) is 1.84. The Labute approximate surface area is 107 Å². The third-order valence-electron chi connectivity index (χ3n) is 2.90. The molecule has 0 unspecified atom stereocenters. The van der Waals surface area contributed by atoms with Crippen molar-refractivity contribution in [2.75, 3.05) is 0 Å². The molecule has 4 nitrogen and oxygen atoms in total. The molecule has 0 spiro atoms. The van der Waals surface area contributed by atoms with Crippen LogP contribution in [0.4, 0.5) is 0 Å². The van der Waals surface area contributed by atoms with Crippen LogP contribution in [0, 0.1) is 0 Å². The molecule has 5 heteroatoms. The van der Waals surface area contributed by atoms with Gasteiger partial charge >= 0.3 is 5.69 Å². The first-order valence-corrected chi connectivity index (χ1v) is 5.98. The van der Waals surface area contributed by atoms with Gasteiger partial charge in [0.05, 0.1) is 5.69 Å². The number of rotatable bonds is 2. The quantitative estimate of drug-likeness (QED) is 0.797. The van der Waals surface area contributed by atoms with Crippen molar-refractivity contribution in [1.29, 1.82) is 0 Å². The maximum absolute atomic E-state index is 11.2. The van der Waals surface area contributed by atoms with Gasteiger partial charge < -0.3 is 10.1 Å². The summed E-state index contributed by atoms with van der Waals surface area (Å²) in [5.41, 5.74) is 0.628. The lowest BCUT2D eigenvalue weighted by molar-refractivity contribution is 0.434. The van der Waals surface area contributed by atoms with E-state index in [4.69, 9.17) is 0 Å². The molecule has 2 rings (SSSR count). The number of imidazole rings is 1. The third-order valence-corrected chi connectivity index (χ3v) is 3.43. The highest BCUT2D eigenvalue weighted by molar-refractivity contribution is 9.10. The monoisotopic (exact) mass is 296 g/mol. The molecule has 0 saturated heterocycles. The first-order valence-electron chi connectivity index (χ1n) is 5.19. The molecule has 1 aromatic carbocycles. The summed E-state index contributed by atoms with van der Waals surface area (Å²) in [6.45, 7) is 3.88. The van der Waals surface area contributed by atoms with E-state index in [1.54, 1.807) is 0 Å². The van der Waals surface area contributed by atoms with Gasteiger partial charge in [-0.15, -0.1) is 0 Å². The Morgan fingerprint density at radius 2 is 1.76 bits per heavy atom. The zero-order valence-electron chi connectivity index (χ0n) is 9.54. The fraction of sp³-hybridized carbons (Fsp3) is 0.250. The third kappa shape index (κ3) is 2.15. The largest absolute Gasteiger partial charge is 0.493 e. The Kier molecular flexibility index (Phi) is 2.87. The molecule has 0 aliphatic heterocycles. The molecule has 0 saturated carbocycles. The van der Waals surface area contributed by atoms with Gasteiger partial charge in [0.1, 0.15) is 0 Å². The highest BCUT2D eigenvalue weighted by atomic mass is 79.9. The second-order valence-electron chi connectivity index (χ2n) is 4.43. The number of halogens is 1. The van der Waals surface area contributed by atoms with Gasteiger partial charge in [-0.3, -0.25) is 4.98 Å². The lowest BCUT2D eigenvalue weighted by atomic mass is 9.82. The van der Waals surface area contributed by atoms with E-state index in [1.165, 1.54) is 0 Å². The highest BCUT2D eigenvalue weighted by Gasteiger charge is 2.28. The topological polar surface area (TPSA) is 68.9 Å². The van der Waals surface area contributed by atoms with E-state index < -0.39 is 11.1 Å². The molecular formula is C12H13BrN2O2. The normalized spacial score (nSPS) is 11.7. The van der Waals surface area contributed by atoms with Crippen molar-refractivity contribution >= 4 is 15.9 Å². The van der Waals surface area contributed by atoms with Gasteiger partial charge in [-0.1, -0.05) is 41.9 Å². The number of H-pyrrole nitrogens is 2. The average molecular weight is 297 g/mol. The van der Waals surface area contributed by atoms with Gasteiger partial charge in [0.2, 0.25) is 5.88 Å². The van der Waals surface area contributed by atoms with Crippen LogP contribution in [0.1, 0.15) is 25.1 Å². The van der Waals surface area contributed by atoms with Crippen LogP contribution in [0.3, 0.4) is 0 Å². The first kappa shape index (κ1) is 12.0. The van der Waals surface area contributed by atoms with Crippen LogP contribution >= 0.6 is 15.9 Å². The molecule has 0 aliphatic carbocycles. The van der Waals surface area contributed by atoms with Crippen LogP contribution in [-0.4, -0.2) is 15.1 Å². The van der Waals surface area contributed by atoms with E-state index in [0.717, 1.165) is 10.0 Å². The lowest BCUT2D eigenvalue weighted by Gasteiger charge is -2.23. The predicted molar refractivity (Wildman–Crippen MR) is 69.3 cm³/mol. The molecule has 0 bridgehead atoms. The Morgan fingerprint density at radius 3 is 2.24 bits per heavy atom. The van der Waals surface area contributed by atoms with Crippen LogP contribution in [0.15, 0.2) is 33.5 Å². The highest BCUT2D eigenvalue weighted by Crippen LogP contribution is 2.34. The Hall–Kier alpha value is -1.49. The van der Waals surface area contributed by atoms with Gasteiger partial charge in [0.15, 0.2) is 0 Å². The zero-order chi connectivity index (χ0) is 12.6. The van der Waals surface area contributed by atoms with Crippen molar-refractivity contribution in [3.05, 3.63) is 50.5 Å². The van der Waals surface area contributed by atoms with Gasteiger partial charge in [0.25, 0.3) is 0 Å². The molecule has 3 N–H and O–H groups in total. The number of nitrogens with one attached hydrogen (secondary N) is 2. The van der Waals surface area contributed by atoms with Crippen LogP contribution in [0.5, 0.6) is 5.88 Å². The number of hydrogen-bond acceptors (Lipinski definition) is 2. The summed E-state index contributed by atoms with van der Waals surface area (Å²) in [5, 5.41) is 9.69. The SMILES string of the molecule is CC(C)(c1ccc(Br)cc1)c1[nH]c(=O)[nH]c1O. The van der Waals surface area contributed by atoms with Crippen molar-refractivity contribution in [1.82, 2.24) is 9.97 Å². The van der Waals surface area contributed by atoms with Gasteiger partial charge in [-0.05, 0) is 17.7 Å². The smallest absolute Gasteiger partial charge is 0.325 e. The van der Waals surface area contributed by atoms with Gasteiger partial charge in [-0.25, -0.2) is 4.79 Å². The number of aromatic hydroxyl groups is 1.